The van der Waals surface area contributed by atoms with Crippen LogP contribution in [-0.2, 0) is 17.1 Å². The van der Waals surface area contributed by atoms with Gasteiger partial charge in [-0.15, -0.1) is 0 Å². The average molecular weight is 391 g/mol. The molecular formula is C20H26N2O4S. The molecule has 7 heteroatoms. The molecule has 1 unspecified atom stereocenters. The Hall–Kier alpha value is -2.12. The first-order valence-electron chi connectivity index (χ1n) is 9.02. The predicted molar refractivity (Wildman–Crippen MR) is 105 cm³/mol. The third-order valence-electron chi connectivity index (χ3n) is 5.09. The van der Waals surface area contributed by atoms with Gasteiger partial charge >= 0.3 is 0 Å². The molecule has 2 heterocycles. The summed E-state index contributed by atoms with van der Waals surface area (Å²) in [6, 6.07) is 7.03. The highest BCUT2D eigenvalue weighted by molar-refractivity contribution is 7.89. The van der Waals surface area contributed by atoms with Gasteiger partial charge < -0.3 is 9.30 Å². The van der Waals surface area contributed by atoms with Gasteiger partial charge in [-0.3, -0.25) is 4.79 Å². The lowest BCUT2D eigenvalue weighted by atomic mass is 10.1. The maximum Gasteiger partial charge on any atom is 0.254 e. The van der Waals surface area contributed by atoms with Crippen LogP contribution in [-0.4, -0.2) is 36.5 Å². The van der Waals surface area contributed by atoms with E-state index in [1.165, 1.54) is 10.4 Å². The Labute approximate surface area is 160 Å². The summed E-state index contributed by atoms with van der Waals surface area (Å²) in [6.07, 6.45) is 0.328. The van der Waals surface area contributed by atoms with E-state index in [1.54, 1.807) is 17.7 Å². The van der Waals surface area contributed by atoms with Crippen LogP contribution >= 0.6 is 0 Å². The molecule has 6 nitrogen and oxygen atoms in total. The second-order valence-electron chi connectivity index (χ2n) is 7.35. The molecule has 0 amide bonds. The van der Waals surface area contributed by atoms with Gasteiger partial charge in [0.2, 0.25) is 10.0 Å². The average Bonchev–Trinajstić information content (AvgIpc) is 3.00. The van der Waals surface area contributed by atoms with Crippen molar-refractivity contribution in [1.29, 1.82) is 0 Å². The number of ether oxygens (including phenoxy) is 1. The Balaban J connectivity index is 1.81. The highest BCUT2D eigenvalue weighted by Gasteiger charge is 2.35. The normalized spacial score (nSPS) is 18.0. The minimum Gasteiger partial charge on any atom is -0.489 e. The van der Waals surface area contributed by atoms with E-state index < -0.39 is 10.0 Å². The first-order chi connectivity index (χ1) is 12.6. The number of aromatic nitrogens is 1. The zero-order valence-corrected chi connectivity index (χ0v) is 17.3. The molecular weight excluding hydrogens is 364 g/mol. The molecule has 0 N–H and O–H groups in total. The number of rotatable bonds is 4. The molecule has 1 aromatic heterocycles. The van der Waals surface area contributed by atoms with Crippen LogP contribution in [0.1, 0.15) is 28.8 Å². The third kappa shape index (κ3) is 3.80. The van der Waals surface area contributed by atoms with Gasteiger partial charge in [0.15, 0.2) is 0 Å². The van der Waals surface area contributed by atoms with Crippen molar-refractivity contribution in [2.45, 2.75) is 45.1 Å². The van der Waals surface area contributed by atoms with Crippen molar-refractivity contribution in [3.63, 3.8) is 0 Å². The number of sulfonamides is 1. The number of benzene rings is 1. The van der Waals surface area contributed by atoms with Crippen molar-refractivity contribution < 1.29 is 13.2 Å². The maximum absolute atomic E-state index is 13.2. The van der Waals surface area contributed by atoms with Crippen molar-refractivity contribution >= 4 is 10.0 Å². The summed E-state index contributed by atoms with van der Waals surface area (Å²) in [6.45, 7) is 8.15. The Bertz CT molecular complexity index is 1020. The maximum atomic E-state index is 13.2. The molecule has 146 valence electrons. The molecule has 0 aliphatic carbocycles. The lowest BCUT2D eigenvalue weighted by Crippen LogP contribution is -2.32. The number of aryl methyl sites for hydroxylation is 4. The Kier molecular flexibility index (Phi) is 5.18. The molecule has 1 fully saturated rings. The molecule has 1 aliphatic heterocycles. The van der Waals surface area contributed by atoms with E-state index >= 15 is 0 Å². The van der Waals surface area contributed by atoms with Crippen LogP contribution in [0.5, 0.6) is 5.75 Å². The van der Waals surface area contributed by atoms with Gasteiger partial charge in [0.25, 0.3) is 5.56 Å². The minimum absolute atomic E-state index is 0.140. The van der Waals surface area contributed by atoms with Gasteiger partial charge in [-0.05, 0) is 51.3 Å². The number of hydrogen-bond acceptors (Lipinski definition) is 4. The highest BCUT2D eigenvalue weighted by Crippen LogP contribution is 2.28. The van der Waals surface area contributed by atoms with Gasteiger partial charge in [0.1, 0.15) is 11.9 Å². The number of pyridine rings is 1. The highest BCUT2D eigenvalue weighted by atomic mass is 32.2. The van der Waals surface area contributed by atoms with Crippen LogP contribution in [0.3, 0.4) is 0 Å². The summed E-state index contributed by atoms with van der Waals surface area (Å²) < 4.78 is 35.2. The Morgan fingerprint density at radius 2 is 1.67 bits per heavy atom. The third-order valence-corrected chi connectivity index (χ3v) is 7.26. The second kappa shape index (κ2) is 7.13. The van der Waals surface area contributed by atoms with Gasteiger partial charge in [0, 0.05) is 25.4 Å². The van der Waals surface area contributed by atoms with Gasteiger partial charge in [0.05, 0.1) is 11.4 Å². The van der Waals surface area contributed by atoms with Crippen LogP contribution in [0.15, 0.2) is 34.0 Å². The SMILES string of the molecule is Cc1cc(C)c(S(=O)(=O)N2CCC(Oc3cc(C)n(C)c(=O)c3)C2)c(C)c1. The fraction of sp³-hybridized carbons (Fsp3) is 0.450. The lowest BCUT2D eigenvalue weighted by Gasteiger charge is -2.20. The quantitative estimate of drug-likeness (QED) is 0.804. The van der Waals surface area contributed by atoms with Gasteiger partial charge in [-0.1, -0.05) is 17.7 Å². The van der Waals surface area contributed by atoms with E-state index in [4.69, 9.17) is 4.74 Å². The van der Waals surface area contributed by atoms with E-state index in [0.29, 0.717) is 23.6 Å². The van der Waals surface area contributed by atoms with Crippen LogP contribution in [0, 0.1) is 27.7 Å². The molecule has 0 saturated carbocycles. The van der Waals surface area contributed by atoms with Crippen molar-refractivity contribution in [2.75, 3.05) is 13.1 Å². The fourth-order valence-corrected chi connectivity index (χ4v) is 5.61. The second-order valence-corrected chi connectivity index (χ2v) is 9.22. The molecule has 1 atom stereocenters. The van der Waals surface area contributed by atoms with Crippen molar-refractivity contribution in [3.8, 4) is 5.75 Å². The number of nitrogens with zero attached hydrogens (tertiary/aromatic N) is 2. The Morgan fingerprint density at radius 3 is 2.26 bits per heavy atom. The molecule has 0 bridgehead atoms. The van der Waals surface area contributed by atoms with E-state index in [-0.39, 0.29) is 18.2 Å². The summed E-state index contributed by atoms with van der Waals surface area (Å²) in [7, 11) is -1.87. The topological polar surface area (TPSA) is 68.6 Å². The van der Waals surface area contributed by atoms with Gasteiger partial charge in [-0.2, -0.15) is 4.31 Å². The van der Waals surface area contributed by atoms with E-state index in [9.17, 15) is 13.2 Å². The predicted octanol–water partition coefficient (Wildman–Crippen LogP) is 2.46. The lowest BCUT2D eigenvalue weighted by molar-refractivity contribution is 0.214. The van der Waals surface area contributed by atoms with Crippen molar-refractivity contribution in [3.05, 3.63) is 57.0 Å². The zero-order valence-electron chi connectivity index (χ0n) is 16.4. The first kappa shape index (κ1) is 19.6. The van der Waals surface area contributed by atoms with Crippen LogP contribution < -0.4 is 10.3 Å². The summed E-state index contributed by atoms with van der Waals surface area (Å²) in [5.74, 6) is 0.488. The van der Waals surface area contributed by atoms with Crippen LogP contribution in [0.2, 0.25) is 0 Å². The van der Waals surface area contributed by atoms with Crippen molar-refractivity contribution in [1.82, 2.24) is 8.87 Å². The summed E-state index contributed by atoms with van der Waals surface area (Å²) in [4.78, 5) is 12.3. The summed E-state index contributed by atoms with van der Waals surface area (Å²) >= 11 is 0. The van der Waals surface area contributed by atoms with Crippen LogP contribution in [0.25, 0.3) is 0 Å². The molecule has 0 radical (unpaired) electrons. The summed E-state index contributed by atoms with van der Waals surface area (Å²) in [5.41, 5.74) is 3.23. The molecule has 3 rings (SSSR count). The zero-order chi connectivity index (χ0) is 19.9. The molecule has 27 heavy (non-hydrogen) atoms. The first-order valence-corrected chi connectivity index (χ1v) is 10.5. The Morgan fingerprint density at radius 1 is 1.04 bits per heavy atom. The molecule has 1 saturated heterocycles. The van der Waals surface area contributed by atoms with Crippen molar-refractivity contribution in [2.24, 2.45) is 7.05 Å². The van der Waals surface area contributed by atoms with Crippen LogP contribution in [0.4, 0.5) is 0 Å². The molecule has 1 aromatic carbocycles. The van der Waals surface area contributed by atoms with Gasteiger partial charge in [-0.25, -0.2) is 8.42 Å². The summed E-state index contributed by atoms with van der Waals surface area (Å²) in [5, 5.41) is 0. The molecule has 1 aliphatic rings. The fourth-order valence-electron chi connectivity index (χ4n) is 3.71. The molecule has 2 aromatic rings. The van der Waals surface area contributed by atoms with E-state index in [1.807, 2.05) is 39.8 Å². The minimum atomic E-state index is -3.58. The molecule has 0 spiro atoms. The standard InChI is InChI=1S/C20H26N2O4S/c1-13-8-14(2)20(15(3)9-13)27(24,25)22-7-6-17(12-22)26-18-10-16(4)21(5)19(23)11-18/h8-11,17H,6-7,12H2,1-5H3. The number of hydrogen-bond donors (Lipinski definition) is 0. The smallest absolute Gasteiger partial charge is 0.254 e. The monoisotopic (exact) mass is 390 g/mol. The van der Waals surface area contributed by atoms with E-state index in [0.717, 1.165) is 22.4 Å². The largest absolute Gasteiger partial charge is 0.489 e. The van der Waals surface area contributed by atoms with E-state index in [2.05, 4.69) is 0 Å².